The van der Waals surface area contributed by atoms with Crippen molar-refractivity contribution >= 4 is 0 Å². The van der Waals surface area contributed by atoms with Gasteiger partial charge in [0.15, 0.2) is 11.5 Å². The van der Waals surface area contributed by atoms with Crippen molar-refractivity contribution in [3.8, 4) is 11.5 Å². The molecule has 0 amide bonds. The summed E-state index contributed by atoms with van der Waals surface area (Å²) in [6.45, 7) is 0.869. The number of phenols is 1. The lowest BCUT2D eigenvalue weighted by Crippen LogP contribution is -2.76. The molecule has 1 spiro atoms. The van der Waals surface area contributed by atoms with Crippen molar-refractivity contribution < 1.29 is 20.1 Å². The Kier molecular flexibility index (Phi) is 2.26. The maximum atomic E-state index is 11.7. The number of rotatable bonds is 0. The van der Waals surface area contributed by atoms with Crippen molar-refractivity contribution in [2.24, 2.45) is 0 Å². The summed E-state index contributed by atoms with van der Waals surface area (Å²) in [6.07, 6.45) is 1.59. The Labute approximate surface area is 129 Å². The van der Waals surface area contributed by atoms with E-state index in [1.807, 2.05) is 6.07 Å². The van der Waals surface area contributed by atoms with Crippen LogP contribution >= 0.6 is 0 Å². The van der Waals surface area contributed by atoms with Gasteiger partial charge in [0.25, 0.3) is 0 Å². The molecule has 2 aliphatic heterocycles. The van der Waals surface area contributed by atoms with Crippen LogP contribution in [0.4, 0.5) is 0 Å². The lowest BCUT2D eigenvalue weighted by Gasteiger charge is -2.63. The number of phenolic OH excluding ortho intramolecular Hbond substituents is 1. The molecular formula is C17H21NO4. The number of aliphatic hydroxyl groups excluding tert-OH is 1. The Bertz CT molecular complexity index is 677. The van der Waals surface area contributed by atoms with Crippen LogP contribution in [-0.4, -0.2) is 57.7 Å². The van der Waals surface area contributed by atoms with Crippen LogP contribution in [0.2, 0.25) is 0 Å². The van der Waals surface area contributed by atoms with Crippen molar-refractivity contribution in [3.63, 3.8) is 0 Å². The van der Waals surface area contributed by atoms with Crippen molar-refractivity contribution in [1.82, 2.24) is 4.90 Å². The highest BCUT2D eigenvalue weighted by Crippen LogP contribution is 2.65. The number of likely N-dealkylation sites (tertiary alicyclic amines) is 1. The van der Waals surface area contributed by atoms with Crippen LogP contribution < -0.4 is 4.74 Å². The third kappa shape index (κ3) is 1.17. The zero-order valence-corrected chi connectivity index (χ0v) is 12.6. The minimum Gasteiger partial charge on any atom is -0.504 e. The second-order valence-corrected chi connectivity index (χ2v) is 7.44. The van der Waals surface area contributed by atoms with Crippen LogP contribution in [0.15, 0.2) is 12.1 Å². The third-order valence-electron chi connectivity index (χ3n) is 6.70. The zero-order chi connectivity index (χ0) is 15.3. The number of aromatic hydroxyl groups is 1. The molecule has 4 aliphatic rings. The first kappa shape index (κ1) is 13.2. The third-order valence-corrected chi connectivity index (χ3v) is 6.70. The summed E-state index contributed by atoms with van der Waals surface area (Å²) in [5.74, 6) is 0.610. The molecule has 0 radical (unpaired) electrons. The second-order valence-electron chi connectivity index (χ2n) is 7.44. The summed E-state index contributed by atoms with van der Waals surface area (Å²) in [4.78, 5) is 2.24. The Hall–Kier alpha value is -1.30. The van der Waals surface area contributed by atoms with Crippen LogP contribution in [-0.2, 0) is 11.8 Å². The van der Waals surface area contributed by atoms with Crippen molar-refractivity contribution in [3.05, 3.63) is 23.3 Å². The quantitative estimate of drug-likeness (QED) is 0.652. The van der Waals surface area contributed by atoms with Gasteiger partial charge < -0.3 is 25.0 Å². The summed E-state index contributed by atoms with van der Waals surface area (Å²) in [5.41, 5.74) is 0.633. The topological polar surface area (TPSA) is 73.2 Å². The van der Waals surface area contributed by atoms with Gasteiger partial charge in [-0.2, -0.15) is 0 Å². The van der Waals surface area contributed by atoms with Crippen molar-refractivity contribution in [1.29, 1.82) is 0 Å². The van der Waals surface area contributed by atoms with Gasteiger partial charge in [-0.1, -0.05) is 6.07 Å². The standard InChI is InChI=1S/C17H21NO4/c1-18-7-6-16-13-9-2-3-10(19)14(13)22-15(16)11(20)4-5-17(16,21)12(18)8-9/h2-3,11-12,15,19-21H,4-8H2,1H3/t11?,12-,15+,16+,17-/m0/s1. The van der Waals surface area contributed by atoms with E-state index in [-0.39, 0.29) is 11.8 Å². The van der Waals surface area contributed by atoms with E-state index in [1.165, 1.54) is 0 Å². The van der Waals surface area contributed by atoms with Gasteiger partial charge in [0.05, 0.1) is 17.1 Å². The van der Waals surface area contributed by atoms with E-state index in [4.69, 9.17) is 4.74 Å². The lowest BCUT2D eigenvalue weighted by molar-refractivity contribution is -0.204. The Morgan fingerprint density at radius 1 is 1.32 bits per heavy atom. The molecule has 2 heterocycles. The number of hydrogen-bond donors (Lipinski definition) is 3. The van der Waals surface area contributed by atoms with E-state index in [0.717, 1.165) is 30.5 Å². The summed E-state index contributed by atoms with van der Waals surface area (Å²) in [5, 5.41) is 32.4. The molecule has 2 bridgehead atoms. The minimum absolute atomic E-state index is 0.0443. The molecule has 2 aliphatic carbocycles. The molecule has 1 saturated heterocycles. The lowest BCUT2D eigenvalue weighted by atomic mass is 9.49. The summed E-state index contributed by atoms with van der Waals surface area (Å²) in [7, 11) is 2.07. The molecule has 5 heteroatoms. The average molecular weight is 303 g/mol. The van der Waals surface area contributed by atoms with Gasteiger partial charge in [-0.25, -0.2) is 0 Å². The molecule has 22 heavy (non-hydrogen) atoms. The van der Waals surface area contributed by atoms with E-state index in [9.17, 15) is 15.3 Å². The van der Waals surface area contributed by atoms with Crippen molar-refractivity contribution in [2.75, 3.05) is 13.6 Å². The molecule has 5 rings (SSSR count). The Morgan fingerprint density at radius 2 is 2.14 bits per heavy atom. The first-order valence-corrected chi connectivity index (χ1v) is 8.12. The Balaban J connectivity index is 1.86. The molecule has 1 unspecified atom stereocenters. The first-order valence-electron chi connectivity index (χ1n) is 8.12. The molecular weight excluding hydrogens is 282 g/mol. The molecule has 3 N–H and O–H groups in total. The van der Waals surface area contributed by atoms with Gasteiger partial charge in [0.1, 0.15) is 6.10 Å². The van der Waals surface area contributed by atoms with Gasteiger partial charge in [0, 0.05) is 11.6 Å². The Morgan fingerprint density at radius 3 is 2.95 bits per heavy atom. The number of likely N-dealkylation sites (N-methyl/N-ethyl adjacent to an activating group) is 1. The first-order chi connectivity index (χ1) is 10.5. The maximum absolute atomic E-state index is 11.7. The molecule has 2 fully saturated rings. The fraction of sp³-hybridized carbons (Fsp3) is 0.647. The van der Waals surface area contributed by atoms with Crippen LogP contribution in [0.25, 0.3) is 0 Å². The van der Waals surface area contributed by atoms with Gasteiger partial charge in [-0.05, 0) is 50.9 Å². The monoisotopic (exact) mass is 303 g/mol. The largest absolute Gasteiger partial charge is 0.504 e. The molecule has 118 valence electrons. The number of ether oxygens (including phenoxy) is 1. The van der Waals surface area contributed by atoms with E-state index in [0.29, 0.717) is 18.6 Å². The maximum Gasteiger partial charge on any atom is 0.165 e. The predicted octanol–water partition coefficient (Wildman–Crippen LogP) is 0.537. The fourth-order valence-corrected chi connectivity index (χ4v) is 5.73. The van der Waals surface area contributed by atoms with Crippen LogP contribution in [0, 0.1) is 0 Å². The van der Waals surface area contributed by atoms with Gasteiger partial charge in [0.2, 0.25) is 0 Å². The zero-order valence-electron chi connectivity index (χ0n) is 12.6. The molecule has 0 aromatic heterocycles. The smallest absolute Gasteiger partial charge is 0.165 e. The highest BCUT2D eigenvalue weighted by Gasteiger charge is 2.72. The van der Waals surface area contributed by atoms with Gasteiger partial charge in [-0.15, -0.1) is 0 Å². The van der Waals surface area contributed by atoms with Gasteiger partial charge in [-0.3, -0.25) is 0 Å². The highest BCUT2D eigenvalue weighted by molar-refractivity contribution is 5.62. The molecule has 1 aromatic carbocycles. The van der Waals surface area contributed by atoms with E-state index in [2.05, 4.69) is 11.9 Å². The summed E-state index contributed by atoms with van der Waals surface area (Å²) >= 11 is 0. The average Bonchev–Trinajstić information content (AvgIpc) is 2.85. The SMILES string of the molecule is CN1CC[C@@]23c4c5ccc(O)c4O[C@@H]2C(O)CC[C@]3(O)[C@@H]1C5. The number of aliphatic hydroxyl groups is 2. The number of nitrogens with zero attached hydrogens (tertiary/aromatic N) is 1. The van der Waals surface area contributed by atoms with E-state index < -0.39 is 23.2 Å². The molecule has 1 saturated carbocycles. The molecule has 5 nitrogen and oxygen atoms in total. The molecule has 5 atom stereocenters. The molecule has 1 aromatic rings. The van der Waals surface area contributed by atoms with Crippen LogP contribution in [0.5, 0.6) is 11.5 Å². The number of hydrogen-bond acceptors (Lipinski definition) is 5. The fourth-order valence-electron chi connectivity index (χ4n) is 5.73. The normalized spacial score (nSPS) is 45.3. The summed E-state index contributed by atoms with van der Waals surface area (Å²) in [6, 6.07) is 3.67. The van der Waals surface area contributed by atoms with Crippen LogP contribution in [0.1, 0.15) is 30.4 Å². The highest BCUT2D eigenvalue weighted by atomic mass is 16.5. The second kappa shape index (κ2) is 3.78. The van der Waals surface area contributed by atoms with Gasteiger partial charge >= 0.3 is 0 Å². The van der Waals surface area contributed by atoms with E-state index >= 15 is 0 Å². The number of piperidine rings is 1. The minimum atomic E-state index is -0.893. The van der Waals surface area contributed by atoms with Crippen LogP contribution in [0.3, 0.4) is 0 Å². The van der Waals surface area contributed by atoms with E-state index in [1.54, 1.807) is 6.07 Å². The summed E-state index contributed by atoms with van der Waals surface area (Å²) < 4.78 is 6.04. The van der Waals surface area contributed by atoms with Crippen molar-refractivity contribution in [2.45, 2.75) is 54.9 Å². The predicted molar refractivity (Wildman–Crippen MR) is 79.1 cm³/mol. The number of benzene rings is 1.